The molecule has 1 fully saturated rings. The van der Waals surface area contributed by atoms with Crippen molar-refractivity contribution in [2.45, 2.75) is 32.2 Å². The van der Waals surface area contributed by atoms with Crippen molar-refractivity contribution in [3.63, 3.8) is 0 Å². The van der Waals surface area contributed by atoms with E-state index in [0.29, 0.717) is 37.2 Å². The Kier molecular flexibility index (Phi) is 7.63. The number of amides is 3. The summed E-state index contributed by atoms with van der Waals surface area (Å²) >= 11 is 5.97. The van der Waals surface area contributed by atoms with E-state index in [2.05, 4.69) is 10.6 Å². The van der Waals surface area contributed by atoms with Gasteiger partial charge >= 0.3 is 6.03 Å². The molecule has 0 spiro atoms. The fourth-order valence-electron chi connectivity index (χ4n) is 3.54. The fraction of sp³-hybridized carbons (Fsp3) is 0.364. The van der Waals surface area contributed by atoms with Crippen LogP contribution in [0.15, 0.2) is 42.5 Å². The summed E-state index contributed by atoms with van der Waals surface area (Å²) in [5.41, 5.74) is 1.07. The van der Waals surface area contributed by atoms with Crippen molar-refractivity contribution < 1.29 is 18.4 Å². The zero-order valence-corrected chi connectivity index (χ0v) is 17.2. The van der Waals surface area contributed by atoms with Gasteiger partial charge in [-0.25, -0.2) is 13.6 Å². The molecule has 30 heavy (non-hydrogen) atoms. The van der Waals surface area contributed by atoms with Crippen molar-refractivity contribution in [2.24, 2.45) is 5.92 Å². The molecule has 0 bridgehead atoms. The van der Waals surface area contributed by atoms with E-state index in [-0.39, 0.29) is 29.4 Å². The van der Waals surface area contributed by atoms with Crippen LogP contribution >= 0.6 is 11.6 Å². The maximum Gasteiger partial charge on any atom is 0.321 e. The third-order valence-corrected chi connectivity index (χ3v) is 5.50. The summed E-state index contributed by atoms with van der Waals surface area (Å²) in [5.74, 6) is -0.718. The Balaban J connectivity index is 1.43. The Hall–Kier alpha value is -2.67. The number of carbonyl (C=O) groups is 2. The number of carbonyl (C=O) groups excluding carboxylic acids is 2. The summed E-state index contributed by atoms with van der Waals surface area (Å²) in [4.78, 5) is 26.3. The first kappa shape index (κ1) is 22.0. The highest BCUT2D eigenvalue weighted by atomic mass is 35.5. The van der Waals surface area contributed by atoms with Crippen LogP contribution in [0.1, 0.15) is 31.2 Å². The minimum Gasteiger partial charge on any atom is -0.352 e. The molecule has 1 unspecified atom stereocenters. The summed E-state index contributed by atoms with van der Waals surface area (Å²) in [6.07, 6.45) is 2.80. The monoisotopic (exact) mass is 435 g/mol. The maximum atomic E-state index is 13.3. The molecule has 2 N–H and O–H groups in total. The first-order valence-corrected chi connectivity index (χ1v) is 10.3. The van der Waals surface area contributed by atoms with E-state index in [0.717, 1.165) is 12.8 Å². The number of likely N-dealkylation sites (tertiary alicyclic amines) is 1. The van der Waals surface area contributed by atoms with Gasteiger partial charge in [-0.2, -0.15) is 0 Å². The van der Waals surface area contributed by atoms with Gasteiger partial charge in [-0.05, 0) is 61.1 Å². The van der Waals surface area contributed by atoms with E-state index in [1.807, 2.05) is 0 Å². The van der Waals surface area contributed by atoms with E-state index in [9.17, 15) is 18.4 Å². The molecule has 0 aliphatic carbocycles. The minimum absolute atomic E-state index is 0.114. The van der Waals surface area contributed by atoms with Crippen LogP contribution in [-0.2, 0) is 11.3 Å². The van der Waals surface area contributed by atoms with Crippen molar-refractivity contribution in [1.82, 2.24) is 10.2 Å². The predicted molar refractivity (Wildman–Crippen MR) is 112 cm³/mol. The zero-order valence-electron chi connectivity index (χ0n) is 16.5. The predicted octanol–water partition coefficient (Wildman–Crippen LogP) is 4.96. The number of urea groups is 1. The number of nitrogens with one attached hydrogen (secondary N) is 2. The number of rotatable bonds is 6. The zero-order chi connectivity index (χ0) is 21.5. The molecular weight excluding hydrogens is 412 g/mol. The van der Waals surface area contributed by atoms with Crippen LogP contribution in [0, 0.1) is 17.6 Å². The highest BCUT2D eigenvalue weighted by molar-refractivity contribution is 6.31. The van der Waals surface area contributed by atoms with Crippen molar-refractivity contribution in [1.29, 1.82) is 0 Å². The lowest BCUT2D eigenvalue weighted by molar-refractivity contribution is -0.121. The van der Waals surface area contributed by atoms with Crippen molar-refractivity contribution in [3.8, 4) is 0 Å². The fourth-order valence-corrected chi connectivity index (χ4v) is 3.77. The van der Waals surface area contributed by atoms with Gasteiger partial charge in [0, 0.05) is 36.8 Å². The smallest absolute Gasteiger partial charge is 0.321 e. The van der Waals surface area contributed by atoms with E-state index >= 15 is 0 Å². The number of anilines is 1. The van der Waals surface area contributed by atoms with Gasteiger partial charge in [-0.3, -0.25) is 4.79 Å². The molecule has 5 nitrogen and oxygen atoms in total. The maximum absolute atomic E-state index is 13.3. The first-order chi connectivity index (χ1) is 14.4. The molecule has 0 aromatic heterocycles. The number of hydrogen-bond acceptors (Lipinski definition) is 2. The molecule has 160 valence electrons. The second-order valence-electron chi connectivity index (χ2n) is 7.45. The quantitative estimate of drug-likeness (QED) is 0.673. The minimum atomic E-state index is -0.418. The molecule has 1 aliphatic heterocycles. The lowest BCUT2D eigenvalue weighted by atomic mass is 9.93. The molecule has 1 atom stereocenters. The van der Waals surface area contributed by atoms with Gasteiger partial charge in [-0.1, -0.05) is 23.7 Å². The molecule has 3 amide bonds. The molecule has 1 heterocycles. The van der Waals surface area contributed by atoms with Gasteiger partial charge in [0.15, 0.2) is 0 Å². The molecule has 0 radical (unpaired) electrons. The van der Waals surface area contributed by atoms with Crippen LogP contribution in [-0.4, -0.2) is 29.9 Å². The number of hydrogen-bond donors (Lipinski definition) is 2. The van der Waals surface area contributed by atoms with Gasteiger partial charge in [-0.15, -0.1) is 0 Å². The molecule has 8 heteroatoms. The van der Waals surface area contributed by atoms with Crippen molar-refractivity contribution in [2.75, 3.05) is 18.4 Å². The highest BCUT2D eigenvalue weighted by Gasteiger charge is 2.24. The Morgan fingerprint density at radius 1 is 1.13 bits per heavy atom. The van der Waals surface area contributed by atoms with Crippen LogP contribution in [0.3, 0.4) is 0 Å². The molecule has 0 saturated carbocycles. The highest BCUT2D eigenvalue weighted by Crippen LogP contribution is 2.22. The third-order valence-electron chi connectivity index (χ3n) is 5.15. The number of nitrogens with zero attached hydrogens (tertiary/aromatic N) is 1. The molecule has 2 aromatic carbocycles. The van der Waals surface area contributed by atoms with Crippen LogP contribution < -0.4 is 10.6 Å². The Labute approximate surface area is 179 Å². The van der Waals surface area contributed by atoms with Crippen LogP contribution in [0.4, 0.5) is 19.3 Å². The summed E-state index contributed by atoms with van der Waals surface area (Å²) in [5, 5.41) is 5.79. The van der Waals surface area contributed by atoms with Crippen molar-refractivity contribution >= 4 is 29.2 Å². The lowest BCUT2D eigenvalue weighted by Crippen LogP contribution is -2.42. The second kappa shape index (κ2) is 10.4. The van der Waals surface area contributed by atoms with Gasteiger partial charge in [0.1, 0.15) is 11.6 Å². The second-order valence-corrected chi connectivity index (χ2v) is 7.85. The molecular formula is C22H24ClF2N3O2. The molecule has 1 aliphatic rings. The Bertz CT molecular complexity index is 910. The summed E-state index contributed by atoms with van der Waals surface area (Å²) in [6.45, 7) is 1.43. The first-order valence-electron chi connectivity index (χ1n) is 9.93. The lowest BCUT2D eigenvalue weighted by Gasteiger charge is -2.32. The van der Waals surface area contributed by atoms with E-state index in [1.165, 1.54) is 24.3 Å². The van der Waals surface area contributed by atoms with Crippen LogP contribution in [0.5, 0.6) is 0 Å². The van der Waals surface area contributed by atoms with Gasteiger partial charge in [0.25, 0.3) is 0 Å². The molecule has 1 saturated heterocycles. The normalized spacial score (nSPS) is 16.2. The van der Waals surface area contributed by atoms with E-state index in [4.69, 9.17) is 11.6 Å². The average molecular weight is 436 g/mol. The van der Waals surface area contributed by atoms with Crippen molar-refractivity contribution in [3.05, 3.63) is 64.7 Å². The van der Waals surface area contributed by atoms with Gasteiger partial charge in [0.05, 0.1) is 0 Å². The van der Waals surface area contributed by atoms with E-state index in [1.54, 1.807) is 23.1 Å². The summed E-state index contributed by atoms with van der Waals surface area (Å²) in [7, 11) is 0. The summed E-state index contributed by atoms with van der Waals surface area (Å²) < 4.78 is 26.4. The average Bonchev–Trinajstić information content (AvgIpc) is 2.72. The third kappa shape index (κ3) is 6.42. The summed E-state index contributed by atoms with van der Waals surface area (Å²) in [6, 6.07) is 9.59. The van der Waals surface area contributed by atoms with E-state index < -0.39 is 11.6 Å². The molecule has 2 aromatic rings. The standard InChI is InChI=1S/C22H24ClF2N3O2/c23-20-12-18(25)8-7-16(20)13-26-21(29)9-6-15-3-2-10-28(14-15)22(30)27-19-5-1-4-17(24)11-19/h1,4-5,7-8,11-12,15H,2-3,6,9-10,13-14H2,(H,26,29)(H,27,30). The largest absolute Gasteiger partial charge is 0.352 e. The number of piperidine rings is 1. The topological polar surface area (TPSA) is 61.4 Å². The number of benzene rings is 2. The van der Waals surface area contributed by atoms with Crippen LogP contribution in [0.2, 0.25) is 5.02 Å². The van der Waals surface area contributed by atoms with Crippen LogP contribution in [0.25, 0.3) is 0 Å². The Morgan fingerprint density at radius 2 is 1.93 bits per heavy atom. The SMILES string of the molecule is O=C(CCC1CCCN(C(=O)Nc2cccc(F)c2)C1)NCc1ccc(F)cc1Cl. The molecule has 3 rings (SSSR count). The van der Waals surface area contributed by atoms with Gasteiger partial charge < -0.3 is 15.5 Å². The van der Waals surface area contributed by atoms with Gasteiger partial charge in [0.2, 0.25) is 5.91 Å². The Morgan fingerprint density at radius 3 is 2.70 bits per heavy atom. The number of halogens is 3.